The summed E-state index contributed by atoms with van der Waals surface area (Å²) in [5.74, 6) is 1.57. The Morgan fingerprint density at radius 3 is 2.17 bits per heavy atom. The van der Waals surface area contributed by atoms with Gasteiger partial charge in [-0.1, -0.05) is 60.7 Å². The van der Waals surface area contributed by atoms with Gasteiger partial charge in [-0.15, -0.1) is 0 Å². The molecule has 0 spiro atoms. The van der Waals surface area contributed by atoms with Crippen molar-refractivity contribution in [2.24, 2.45) is 5.92 Å². The predicted octanol–water partition coefficient (Wildman–Crippen LogP) is 3.75. The molecule has 0 amide bonds. The summed E-state index contributed by atoms with van der Waals surface area (Å²) in [6.45, 7) is 4.94. The molecule has 0 saturated carbocycles. The summed E-state index contributed by atoms with van der Waals surface area (Å²) in [7, 11) is 0. The van der Waals surface area contributed by atoms with Gasteiger partial charge >= 0.3 is 0 Å². The number of benzene rings is 2. The van der Waals surface area contributed by atoms with Crippen LogP contribution in [0.3, 0.4) is 0 Å². The minimum atomic E-state index is 0.669. The van der Waals surface area contributed by atoms with Gasteiger partial charge in [-0.3, -0.25) is 9.80 Å². The Hall–Kier alpha value is -1.64. The van der Waals surface area contributed by atoms with Gasteiger partial charge in [0.15, 0.2) is 0 Å². The lowest BCUT2D eigenvalue weighted by molar-refractivity contribution is -0.00869. The lowest BCUT2D eigenvalue weighted by Gasteiger charge is -2.51. The Bertz CT molecular complexity index is 676. The molecular formula is C22H26N2. The largest absolute Gasteiger partial charge is 0.298 e. The predicted molar refractivity (Wildman–Crippen MR) is 97.9 cm³/mol. The van der Waals surface area contributed by atoms with E-state index in [0.717, 1.165) is 24.5 Å². The molecule has 0 aromatic heterocycles. The molecule has 4 fully saturated rings. The van der Waals surface area contributed by atoms with E-state index in [2.05, 4.69) is 70.5 Å². The maximum Gasteiger partial charge on any atom is 0.0335 e. The number of hydrogen-bond acceptors (Lipinski definition) is 2. The summed E-state index contributed by atoms with van der Waals surface area (Å²) >= 11 is 0. The van der Waals surface area contributed by atoms with Gasteiger partial charge in [0.1, 0.15) is 0 Å². The Labute approximate surface area is 145 Å². The van der Waals surface area contributed by atoms with Crippen LogP contribution in [0.15, 0.2) is 60.7 Å². The van der Waals surface area contributed by atoms with Crippen LogP contribution < -0.4 is 0 Å². The van der Waals surface area contributed by atoms with Crippen molar-refractivity contribution < 1.29 is 0 Å². The van der Waals surface area contributed by atoms with Gasteiger partial charge in [-0.2, -0.15) is 0 Å². The SMILES string of the molecule is c1ccc(CN2C[C@H](c3ccccc3)[C@@H]3[C@H]2C2CCN3CC2)cc1. The highest BCUT2D eigenvalue weighted by Gasteiger charge is 2.52. The molecule has 2 aromatic rings. The maximum atomic E-state index is 2.80. The van der Waals surface area contributed by atoms with E-state index >= 15 is 0 Å². The molecule has 4 heterocycles. The van der Waals surface area contributed by atoms with E-state index in [1.165, 1.54) is 43.6 Å². The average molecular weight is 318 g/mol. The van der Waals surface area contributed by atoms with Gasteiger partial charge in [0.05, 0.1) is 0 Å². The summed E-state index contributed by atoms with van der Waals surface area (Å²) in [4.78, 5) is 5.60. The van der Waals surface area contributed by atoms with Crippen molar-refractivity contribution in [3.8, 4) is 0 Å². The lowest BCUT2D eigenvalue weighted by atomic mass is 9.75. The van der Waals surface area contributed by atoms with E-state index in [1.54, 1.807) is 0 Å². The molecular weight excluding hydrogens is 292 g/mol. The number of likely N-dealkylation sites (tertiary alicyclic amines) is 1. The Morgan fingerprint density at radius 2 is 1.46 bits per heavy atom. The van der Waals surface area contributed by atoms with Crippen LogP contribution in [-0.4, -0.2) is 41.5 Å². The molecule has 0 radical (unpaired) electrons. The molecule has 2 heteroatoms. The molecule has 3 atom stereocenters. The molecule has 0 aliphatic carbocycles. The van der Waals surface area contributed by atoms with E-state index in [4.69, 9.17) is 0 Å². The minimum absolute atomic E-state index is 0.669. The van der Waals surface area contributed by atoms with Crippen LogP contribution in [0.5, 0.6) is 0 Å². The zero-order valence-electron chi connectivity index (χ0n) is 14.2. The van der Waals surface area contributed by atoms with Crippen molar-refractivity contribution >= 4 is 0 Å². The van der Waals surface area contributed by atoms with E-state index < -0.39 is 0 Å². The molecule has 0 N–H and O–H groups in total. The van der Waals surface area contributed by atoms with Crippen molar-refractivity contribution in [3.63, 3.8) is 0 Å². The smallest absolute Gasteiger partial charge is 0.0335 e. The fourth-order valence-corrected chi connectivity index (χ4v) is 5.53. The normalized spacial score (nSPS) is 35.1. The third kappa shape index (κ3) is 2.40. The van der Waals surface area contributed by atoms with Crippen LogP contribution in [0.4, 0.5) is 0 Å². The van der Waals surface area contributed by atoms with Crippen molar-refractivity contribution in [2.75, 3.05) is 19.6 Å². The highest BCUT2D eigenvalue weighted by Crippen LogP contribution is 2.46. The molecule has 2 nitrogen and oxygen atoms in total. The molecule has 4 aliphatic rings. The van der Waals surface area contributed by atoms with Crippen molar-refractivity contribution in [3.05, 3.63) is 71.8 Å². The van der Waals surface area contributed by atoms with Crippen molar-refractivity contribution in [1.29, 1.82) is 0 Å². The first kappa shape index (κ1) is 14.7. The van der Waals surface area contributed by atoms with Gasteiger partial charge in [-0.05, 0) is 43.0 Å². The van der Waals surface area contributed by atoms with Crippen LogP contribution in [0.1, 0.15) is 29.9 Å². The van der Waals surface area contributed by atoms with Crippen molar-refractivity contribution in [2.45, 2.75) is 37.4 Å². The third-order valence-corrected chi connectivity index (χ3v) is 6.55. The van der Waals surface area contributed by atoms with Gasteiger partial charge in [0.2, 0.25) is 0 Å². The first-order chi connectivity index (χ1) is 11.9. The lowest BCUT2D eigenvalue weighted by Crippen LogP contribution is -2.59. The van der Waals surface area contributed by atoms with E-state index in [1.807, 2.05) is 0 Å². The second kappa shape index (κ2) is 6.02. The molecule has 2 aromatic carbocycles. The van der Waals surface area contributed by atoms with Crippen LogP contribution in [0.2, 0.25) is 0 Å². The fraction of sp³-hybridized carbons (Fsp3) is 0.455. The van der Waals surface area contributed by atoms with Gasteiger partial charge < -0.3 is 0 Å². The summed E-state index contributed by atoms with van der Waals surface area (Å²) in [5, 5.41) is 0. The zero-order valence-corrected chi connectivity index (χ0v) is 14.2. The fourth-order valence-electron chi connectivity index (χ4n) is 5.53. The molecule has 124 valence electrons. The second-order valence-corrected chi connectivity index (χ2v) is 7.79. The summed E-state index contributed by atoms with van der Waals surface area (Å²) in [6.07, 6.45) is 2.79. The molecule has 6 rings (SSSR count). The highest BCUT2D eigenvalue weighted by molar-refractivity contribution is 5.27. The van der Waals surface area contributed by atoms with Gasteiger partial charge in [0.25, 0.3) is 0 Å². The topological polar surface area (TPSA) is 6.48 Å². The molecule has 2 bridgehead atoms. The third-order valence-electron chi connectivity index (χ3n) is 6.55. The number of fused-ring (bicyclic) bond motifs is 2. The van der Waals surface area contributed by atoms with Crippen molar-refractivity contribution in [1.82, 2.24) is 9.80 Å². The maximum absolute atomic E-state index is 2.80. The number of hydrogen-bond donors (Lipinski definition) is 0. The average Bonchev–Trinajstić information content (AvgIpc) is 3.06. The van der Waals surface area contributed by atoms with Crippen LogP contribution in [0.25, 0.3) is 0 Å². The molecule has 4 saturated heterocycles. The quantitative estimate of drug-likeness (QED) is 0.850. The van der Waals surface area contributed by atoms with E-state index in [-0.39, 0.29) is 0 Å². The minimum Gasteiger partial charge on any atom is -0.298 e. The first-order valence-corrected chi connectivity index (χ1v) is 9.47. The number of nitrogens with zero attached hydrogens (tertiary/aromatic N) is 2. The molecule has 24 heavy (non-hydrogen) atoms. The van der Waals surface area contributed by atoms with Crippen LogP contribution >= 0.6 is 0 Å². The second-order valence-electron chi connectivity index (χ2n) is 7.79. The molecule has 4 aliphatic heterocycles. The molecule has 0 unspecified atom stereocenters. The monoisotopic (exact) mass is 318 g/mol. The highest BCUT2D eigenvalue weighted by atomic mass is 15.3. The Balaban J connectivity index is 1.48. The van der Waals surface area contributed by atoms with Crippen LogP contribution in [-0.2, 0) is 6.54 Å². The van der Waals surface area contributed by atoms with Crippen LogP contribution in [0, 0.1) is 5.92 Å². The standard InChI is InChI=1S/C22H26N2/c1-3-7-17(8-4-1)15-24-16-20(18-9-5-2-6-10-18)22-21(24)19-11-13-23(22)14-12-19/h1-10,19-22H,11-16H2/t20-,21-,22-/m1/s1. The number of rotatable bonds is 3. The summed E-state index contributed by atoms with van der Waals surface area (Å²) < 4.78 is 0. The number of piperidine rings is 3. The van der Waals surface area contributed by atoms with E-state index in [0.29, 0.717) is 5.92 Å². The van der Waals surface area contributed by atoms with Gasteiger partial charge in [-0.25, -0.2) is 0 Å². The van der Waals surface area contributed by atoms with E-state index in [9.17, 15) is 0 Å². The Kier molecular flexibility index (Phi) is 3.68. The summed E-state index contributed by atoms with van der Waals surface area (Å²) in [5.41, 5.74) is 3.00. The first-order valence-electron chi connectivity index (χ1n) is 9.47. The zero-order chi connectivity index (χ0) is 15.9. The summed E-state index contributed by atoms with van der Waals surface area (Å²) in [6, 6.07) is 23.8. The van der Waals surface area contributed by atoms with Gasteiger partial charge in [0, 0.05) is 31.1 Å². The Morgan fingerprint density at radius 1 is 0.792 bits per heavy atom.